The van der Waals surface area contributed by atoms with Gasteiger partial charge in [-0.05, 0) is 101 Å². The molecule has 1 amide bonds. The quantitative estimate of drug-likeness (QED) is 0.267. The minimum atomic E-state index is -0.451. The Labute approximate surface area is 264 Å². The Balaban J connectivity index is 0.985. The first-order chi connectivity index (χ1) is 21.7. The number of aromatic nitrogens is 4. The van der Waals surface area contributed by atoms with Crippen LogP contribution in [0.2, 0.25) is 0 Å². The fourth-order valence-electron chi connectivity index (χ4n) is 7.35. The fourth-order valence-corrected chi connectivity index (χ4v) is 7.35. The Morgan fingerprint density at radius 1 is 0.889 bits per heavy atom. The van der Waals surface area contributed by atoms with Gasteiger partial charge < -0.3 is 25.0 Å². The number of rotatable bonds is 5. The summed E-state index contributed by atoms with van der Waals surface area (Å²) in [6.45, 7) is 9.45. The molecule has 4 heterocycles. The number of nitrogens with zero attached hydrogens (tertiary/aromatic N) is 6. The van der Waals surface area contributed by atoms with Gasteiger partial charge in [0.2, 0.25) is 0 Å². The number of nitrogens with two attached hydrogens (primary N) is 1. The average Bonchev–Trinajstić information content (AvgIpc) is 3.41. The molecule has 2 N–H and O–H groups in total. The molecule has 1 aliphatic carbocycles. The minimum Gasteiger partial charge on any atom is -0.457 e. The molecule has 3 fully saturated rings. The lowest BCUT2D eigenvalue weighted by Gasteiger charge is -2.56. The molecule has 2 aliphatic heterocycles. The van der Waals surface area contributed by atoms with Gasteiger partial charge in [0.05, 0.1) is 11.4 Å². The van der Waals surface area contributed by atoms with E-state index in [-0.39, 0.29) is 12.1 Å². The van der Waals surface area contributed by atoms with E-state index in [1.165, 1.54) is 19.2 Å². The Morgan fingerprint density at radius 3 is 2.22 bits per heavy atom. The molecule has 0 unspecified atom stereocenters. The standard InChI is InChI=1S/C35H43N7O3/c1-34(2,3)45-33(43)41-19-15-35(16-20-41)21-26(22-35)40-17-13-25(14-18-40)42-32-29(31(36)37-23-38-32)30(39-42)24-9-11-28(12-10-24)44-27-7-5-4-6-8-27/h4-12,23,25-26H,13-22H2,1-3H3,(H2,36,37,38). The van der Waals surface area contributed by atoms with Crippen molar-refractivity contribution in [3.05, 3.63) is 60.9 Å². The van der Waals surface area contributed by atoms with Gasteiger partial charge in [-0.3, -0.25) is 0 Å². The van der Waals surface area contributed by atoms with Crippen molar-refractivity contribution in [2.24, 2.45) is 5.41 Å². The van der Waals surface area contributed by atoms with Crippen molar-refractivity contribution in [1.82, 2.24) is 29.5 Å². The lowest BCUT2D eigenvalue weighted by atomic mass is 9.60. The second kappa shape index (κ2) is 11.6. The number of ether oxygens (including phenoxy) is 2. The van der Waals surface area contributed by atoms with E-state index in [1.54, 1.807) is 0 Å². The van der Waals surface area contributed by atoms with Gasteiger partial charge in [0.25, 0.3) is 0 Å². The summed E-state index contributed by atoms with van der Waals surface area (Å²) in [4.78, 5) is 26.0. The largest absolute Gasteiger partial charge is 0.457 e. The number of carbonyl (C=O) groups excluding carboxylic acids is 1. The van der Waals surface area contributed by atoms with E-state index in [9.17, 15) is 4.79 Å². The van der Waals surface area contributed by atoms with E-state index in [1.807, 2.05) is 80.3 Å². The highest BCUT2D eigenvalue weighted by atomic mass is 16.6. The van der Waals surface area contributed by atoms with Gasteiger partial charge in [-0.25, -0.2) is 19.4 Å². The van der Waals surface area contributed by atoms with Crippen molar-refractivity contribution in [2.45, 2.75) is 77.0 Å². The molecular formula is C35H43N7O3. The van der Waals surface area contributed by atoms with Crippen LogP contribution in [0.1, 0.15) is 65.3 Å². The summed E-state index contributed by atoms with van der Waals surface area (Å²) in [5.74, 6) is 2.00. The van der Waals surface area contributed by atoms with Gasteiger partial charge in [0.1, 0.15) is 34.9 Å². The van der Waals surface area contributed by atoms with E-state index in [0.29, 0.717) is 17.3 Å². The molecule has 2 aromatic heterocycles. The van der Waals surface area contributed by atoms with E-state index in [4.69, 9.17) is 20.3 Å². The van der Waals surface area contributed by atoms with Crippen LogP contribution in [0.5, 0.6) is 11.5 Å². The van der Waals surface area contributed by atoms with Crippen LogP contribution < -0.4 is 10.5 Å². The number of para-hydroxylation sites is 1. The first kappa shape index (κ1) is 29.5. The first-order valence-corrected chi connectivity index (χ1v) is 16.2. The molecule has 2 aromatic carbocycles. The number of piperidine rings is 2. The number of hydrogen-bond donors (Lipinski definition) is 1. The Kier molecular flexibility index (Phi) is 7.63. The fraction of sp³-hybridized carbons (Fsp3) is 0.486. The Hall–Kier alpha value is -4.18. The molecule has 0 radical (unpaired) electrons. The number of anilines is 1. The van der Waals surface area contributed by atoms with Crippen LogP contribution in [-0.2, 0) is 4.74 Å². The molecule has 236 valence electrons. The van der Waals surface area contributed by atoms with E-state index in [2.05, 4.69) is 19.5 Å². The van der Waals surface area contributed by atoms with Crippen LogP contribution >= 0.6 is 0 Å². The van der Waals surface area contributed by atoms with Crippen LogP contribution in [0, 0.1) is 5.41 Å². The van der Waals surface area contributed by atoms with Gasteiger partial charge in [0, 0.05) is 37.8 Å². The van der Waals surface area contributed by atoms with E-state index in [0.717, 1.165) is 85.7 Å². The topological polar surface area (TPSA) is 112 Å². The monoisotopic (exact) mass is 609 g/mol. The van der Waals surface area contributed by atoms with Gasteiger partial charge in [-0.1, -0.05) is 18.2 Å². The highest BCUT2D eigenvalue weighted by Crippen LogP contribution is 2.51. The second-order valence-corrected chi connectivity index (χ2v) is 14.0. The number of hydrogen-bond acceptors (Lipinski definition) is 8. The van der Waals surface area contributed by atoms with Gasteiger partial charge in [0.15, 0.2) is 5.65 Å². The van der Waals surface area contributed by atoms with Crippen LogP contribution in [0.15, 0.2) is 60.9 Å². The molecule has 2 saturated heterocycles. The van der Waals surface area contributed by atoms with Crippen molar-refractivity contribution in [3.8, 4) is 22.8 Å². The molecule has 0 bridgehead atoms. The molecule has 10 nitrogen and oxygen atoms in total. The molecule has 1 spiro atoms. The Morgan fingerprint density at radius 2 is 1.56 bits per heavy atom. The molecule has 3 aliphatic rings. The minimum absolute atomic E-state index is 0.175. The number of amides is 1. The SMILES string of the molecule is CC(C)(C)OC(=O)N1CCC2(CC1)CC(N1CCC(n3nc(-c4ccc(Oc5ccccc5)cc4)c4c(N)ncnc43)CC1)C2. The maximum absolute atomic E-state index is 12.5. The molecular weight excluding hydrogens is 566 g/mol. The number of nitrogen functional groups attached to an aromatic ring is 1. The van der Waals surface area contributed by atoms with Crippen LogP contribution in [-0.4, -0.2) is 73.5 Å². The van der Waals surface area contributed by atoms with Crippen molar-refractivity contribution in [3.63, 3.8) is 0 Å². The van der Waals surface area contributed by atoms with Gasteiger partial charge in [-0.15, -0.1) is 0 Å². The predicted octanol–water partition coefficient (Wildman–Crippen LogP) is 6.68. The zero-order valence-corrected chi connectivity index (χ0v) is 26.5. The van der Waals surface area contributed by atoms with Gasteiger partial charge in [-0.2, -0.15) is 5.10 Å². The number of benzene rings is 2. The van der Waals surface area contributed by atoms with E-state index < -0.39 is 5.60 Å². The highest BCUT2D eigenvalue weighted by Gasteiger charge is 2.49. The van der Waals surface area contributed by atoms with Crippen LogP contribution in [0.3, 0.4) is 0 Å². The summed E-state index contributed by atoms with van der Waals surface area (Å²) in [5.41, 5.74) is 8.88. The number of carbonyl (C=O) groups is 1. The van der Waals surface area contributed by atoms with Crippen molar-refractivity contribution >= 4 is 22.9 Å². The summed E-state index contributed by atoms with van der Waals surface area (Å²) in [6.07, 6.45) is 7.98. The maximum atomic E-state index is 12.5. The molecule has 1 saturated carbocycles. The maximum Gasteiger partial charge on any atom is 0.410 e. The van der Waals surface area contributed by atoms with Crippen LogP contribution in [0.25, 0.3) is 22.3 Å². The summed E-state index contributed by atoms with van der Waals surface area (Å²) in [7, 11) is 0. The third kappa shape index (κ3) is 6.08. The zero-order valence-electron chi connectivity index (χ0n) is 26.5. The normalized spacial score (nSPS) is 19.5. The molecule has 0 atom stereocenters. The van der Waals surface area contributed by atoms with Crippen LogP contribution in [0.4, 0.5) is 10.6 Å². The molecule has 7 rings (SSSR count). The van der Waals surface area contributed by atoms with Crippen molar-refractivity contribution in [1.29, 1.82) is 0 Å². The molecule has 10 heteroatoms. The van der Waals surface area contributed by atoms with Gasteiger partial charge >= 0.3 is 6.09 Å². The Bertz CT molecular complexity index is 1640. The highest BCUT2D eigenvalue weighted by molar-refractivity contribution is 5.98. The third-order valence-electron chi connectivity index (χ3n) is 9.80. The number of fused-ring (bicyclic) bond motifs is 1. The second-order valence-electron chi connectivity index (χ2n) is 14.0. The summed E-state index contributed by atoms with van der Waals surface area (Å²) < 4.78 is 13.7. The summed E-state index contributed by atoms with van der Waals surface area (Å²) >= 11 is 0. The first-order valence-electron chi connectivity index (χ1n) is 16.2. The predicted molar refractivity (Wildman–Crippen MR) is 174 cm³/mol. The molecule has 4 aromatic rings. The van der Waals surface area contributed by atoms with E-state index >= 15 is 0 Å². The average molecular weight is 610 g/mol. The lowest BCUT2D eigenvalue weighted by Crippen LogP contribution is -2.57. The number of likely N-dealkylation sites (tertiary alicyclic amines) is 2. The third-order valence-corrected chi connectivity index (χ3v) is 9.80. The smallest absolute Gasteiger partial charge is 0.410 e. The van der Waals surface area contributed by atoms with Crippen molar-refractivity contribution in [2.75, 3.05) is 31.9 Å². The molecule has 45 heavy (non-hydrogen) atoms. The zero-order chi connectivity index (χ0) is 31.2. The summed E-state index contributed by atoms with van der Waals surface area (Å²) in [6, 6.07) is 18.6. The van der Waals surface area contributed by atoms with Crippen molar-refractivity contribution < 1.29 is 14.3 Å². The summed E-state index contributed by atoms with van der Waals surface area (Å²) in [5, 5.41) is 5.91. The lowest BCUT2D eigenvalue weighted by molar-refractivity contribution is -0.0548.